The smallest absolute Gasteiger partial charge is 0.243 e. The lowest BCUT2D eigenvalue weighted by molar-refractivity contribution is -0.123. The van der Waals surface area contributed by atoms with Crippen LogP contribution in [0.25, 0.3) is 10.8 Å². The summed E-state index contributed by atoms with van der Waals surface area (Å²) in [4.78, 5) is 24.5. The molecule has 0 aliphatic carbocycles. The number of fused-ring (bicyclic) bond motifs is 1. The predicted octanol–water partition coefficient (Wildman–Crippen LogP) is 2.82. The number of sulfonamides is 1. The van der Waals surface area contributed by atoms with Crippen LogP contribution in [-0.2, 0) is 26.0 Å². The molecule has 3 rings (SSSR count). The molecule has 0 saturated carbocycles. The third kappa shape index (κ3) is 5.81. The molecule has 3 aromatic carbocycles. The summed E-state index contributed by atoms with van der Waals surface area (Å²) in [6.45, 7) is 1.57. The van der Waals surface area contributed by atoms with E-state index in [2.05, 4.69) is 15.4 Å². The number of hydrogen-bond donors (Lipinski definition) is 3. The van der Waals surface area contributed by atoms with Gasteiger partial charge >= 0.3 is 0 Å². The number of carbonyl (C=O) groups excluding carboxylic acids is 2. The molecule has 2 amide bonds. The van der Waals surface area contributed by atoms with Crippen LogP contribution in [0.4, 0.5) is 11.4 Å². The van der Waals surface area contributed by atoms with Crippen molar-refractivity contribution >= 4 is 44.0 Å². The highest BCUT2D eigenvalue weighted by molar-refractivity contribution is 7.92. The lowest BCUT2D eigenvalue weighted by atomic mass is 10.0. The number of amides is 2. The van der Waals surface area contributed by atoms with Crippen molar-refractivity contribution in [1.82, 2.24) is 5.32 Å². The highest BCUT2D eigenvalue weighted by Crippen LogP contribution is 2.21. The molecule has 0 heterocycles. The van der Waals surface area contributed by atoms with Gasteiger partial charge in [-0.2, -0.15) is 0 Å². The Morgan fingerprint density at radius 2 is 1.67 bits per heavy atom. The van der Waals surface area contributed by atoms with E-state index in [1.807, 2.05) is 42.5 Å². The summed E-state index contributed by atoms with van der Waals surface area (Å²) in [7, 11) is -3.43. The normalized spacial score (nSPS) is 11.1. The number of carbonyl (C=O) groups is 2. The molecular formula is C22H23N3O4S. The topological polar surface area (TPSA) is 104 Å². The maximum absolute atomic E-state index is 12.3. The number of nitrogens with one attached hydrogen (secondary N) is 3. The molecule has 0 aliphatic rings. The molecule has 0 spiro atoms. The molecule has 3 aromatic rings. The Kier molecular flexibility index (Phi) is 6.37. The van der Waals surface area contributed by atoms with Crippen LogP contribution >= 0.6 is 0 Å². The summed E-state index contributed by atoms with van der Waals surface area (Å²) in [5.41, 5.74) is 2.43. The van der Waals surface area contributed by atoms with E-state index in [1.54, 1.807) is 19.1 Å². The molecule has 0 aliphatic heterocycles. The summed E-state index contributed by atoms with van der Waals surface area (Å²) in [5, 5.41) is 7.33. The number of hydrogen-bond acceptors (Lipinski definition) is 4. The minimum atomic E-state index is -3.43. The predicted molar refractivity (Wildman–Crippen MR) is 119 cm³/mol. The minimum Gasteiger partial charge on any atom is -0.347 e. The molecule has 3 N–H and O–H groups in total. The fourth-order valence-corrected chi connectivity index (χ4v) is 3.69. The molecule has 0 saturated heterocycles. The van der Waals surface area contributed by atoms with E-state index < -0.39 is 15.9 Å². The Labute approximate surface area is 175 Å². The lowest BCUT2D eigenvalue weighted by Crippen LogP contribution is -2.33. The van der Waals surface area contributed by atoms with Gasteiger partial charge in [-0.15, -0.1) is 0 Å². The zero-order valence-corrected chi connectivity index (χ0v) is 17.5. The van der Waals surface area contributed by atoms with Crippen LogP contribution in [0.1, 0.15) is 11.1 Å². The van der Waals surface area contributed by atoms with Crippen molar-refractivity contribution in [2.75, 3.05) is 22.8 Å². The van der Waals surface area contributed by atoms with Gasteiger partial charge in [-0.1, -0.05) is 48.5 Å². The maximum Gasteiger partial charge on any atom is 0.243 e. The monoisotopic (exact) mass is 425 g/mol. The van der Waals surface area contributed by atoms with Crippen LogP contribution in [0, 0.1) is 6.92 Å². The van der Waals surface area contributed by atoms with Crippen LogP contribution in [0.2, 0.25) is 0 Å². The van der Waals surface area contributed by atoms with Gasteiger partial charge in [0.2, 0.25) is 21.8 Å². The number of anilines is 2. The van der Waals surface area contributed by atoms with Crippen LogP contribution in [0.5, 0.6) is 0 Å². The first-order valence-electron chi connectivity index (χ1n) is 9.33. The number of aryl methyl sites for hydroxylation is 1. The van der Waals surface area contributed by atoms with Gasteiger partial charge in [0.15, 0.2) is 0 Å². The first-order valence-corrected chi connectivity index (χ1v) is 11.2. The van der Waals surface area contributed by atoms with E-state index >= 15 is 0 Å². The van der Waals surface area contributed by atoms with E-state index in [9.17, 15) is 18.0 Å². The van der Waals surface area contributed by atoms with Crippen molar-refractivity contribution in [2.45, 2.75) is 13.3 Å². The van der Waals surface area contributed by atoms with Crippen molar-refractivity contribution < 1.29 is 18.0 Å². The Morgan fingerprint density at radius 3 is 2.43 bits per heavy atom. The lowest BCUT2D eigenvalue weighted by Gasteiger charge is -2.12. The van der Waals surface area contributed by atoms with Crippen molar-refractivity contribution in [3.8, 4) is 0 Å². The zero-order chi connectivity index (χ0) is 21.7. The molecule has 156 valence electrons. The Bertz CT molecular complexity index is 1200. The van der Waals surface area contributed by atoms with Crippen LogP contribution in [0.15, 0.2) is 60.7 Å². The van der Waals surface area contributed by atoms with Crippen molar-refractivity contribution in [3.63, 3.8) is 0 Å². The van der Waals surface area contributed by atoms with Gasteiger partial charge in [0.1, 0.15) is 0 Å². The quantitative estimate of drug-likeness (QED) is 0.541. The van der Waals surface area contributed by atoms with Crippen molar-refractivity contribution in [3.05, 3.63) is 71.8 Å². The summed E-state index contributed by atoms with van der Waals surface area (Å²) >= 11 is 0. The van der Waals surface area contributed by atoms with Crippen LogP contribution in [0.3, 0.4) is 0 Å². The molecule has 0 fully saturated rings. The number of benzene rings is 3. The first kappa shape index (κ1) is 21.3. The highest BCUT2D eigenvalue weighted by Gasteiger charge is 2.11. The summed E-state index contributed by atoms with van der Waals surface area (Å²) in [6, 6.07) is 18.5. The molecule has 0 bridgehead atoms. The Balaban J connectivity index is 1.58. The fraction of sp³-hybridized carbons (Fsp3) is 0.182. The molecule has 0 atom stereocenters. The first-order chi connectivity index (χ1) is 14.2. The van der Waals surface area contributed by atoms with Gasteiger partial charge in [0, 0.05) is 5.69 Å². The van der Waals surface area contributed by atoms with Gasteiger partial charge in [-0.3, -0.25) is 14.3 Å². The average Bonchev–Trinajstić information content (AvgIpc) is 2.68. The molecule has 0 unspecified atom stereocenters. The van der Waals surface area contributed by atoms with Gasteiger partial charge in [0.25, 0.3) is 0 Å². The van der Waals surface area contributed by atoms with Crippen LogP contribution < -0.4 is 15.4 Å². The molecule has 8 heteroatoms. The zero-order valence-electron chi connectivity index (χ0n) is 16.7. The third-order valence-electron chi connectivity index (χ3n) is 4.49. The van der Waals surface area contributed by atoms with E-state index in [0.29, 0.717) is 11.4 Å². The largest absolute Gasteiger partial charge is 0.347 e. The second-order valence-corrected chi connectivity index (χ2v) is 8.79. The standard InChI is InChI=1S/C22H23N3O4S/c1-15-10-11-18(13-20(15)25-30(2,28)29)24-22(27)14-23-21(26)12-17-8-5-7-16-6-3-4-9-19(16)17/h3-11,13,25H,12,14H2,1-2H3,(H,23,26)(H,24,27). The van der Waals surface area contributed by atoms with Crippen LogP contribution in [-0.4, -0.2) is 33.0 Å². The van der Waals surface area contributed by atoms with E-state index in [-0.39, 0.29) is 18.9 Å². The van der Waals surface area contributed by atoms with Crippen molar-refractivity contribution in [1.29, 1.82) is 0 Å². The molecular weight excluding hydrogens is 402 g/mol. The van der Waals surface area contributed by atoms with E-state index in [1.165, 1.54) is 6.07 Å². The number of rotatable bonds is 7. The summed E-state index contributed by atoms with van der Waals surface area (Å²) < 4.78 is 25.3. The van der Waals surface area contributed by atoms with Gasteiger partial charge in [-0.05, 0) is 41.0 Å². The molecule has 0 radical (unpaired) electrons. The summed E-state index contributed by atoms with van der Waals surface area (Å²) in [5.74, 6) is -0.666. The Morgan fingerprint density at radius 1 is 0.933 bits per heavy atom. The van der Waals surface area contributed by atoms with Gasteiger partial charge in [0.05, 0.1) is 24.9 Å². The SMILES string of the molecule is Cc1ccc(NC(=O)CNC(=O)Cc2cccc3ccccc23)cc1NS(C)(=O)=O. The second-order valence-electron chi connectivity index (χ2n) is 7.04. The molecule has 30 heavy (non-hydrogen) atoms. The molecule has 7 nitrogen and oxygen atoms in total. The molecule has 0 aromatic heterocycles. The van der Waals surface area contributed by atoms with Gasteiger partial charge < -0.3 is 10.6 Å². The maximum atomic E-state index is 12.3. The van der Waals surface area contributed by atoms with E-state index in [0.717, 1.165) is 28.2 Å². The average molecular weight is 426 g/mol. The fourth-order valence-electron chi connectivity index (χ4n) is 3.08. The summed E-state index contributed by atoms with van der Waals surface area (Å²) in [6.07, 6.45) is 1.23. The van der Waals surface area contributed by atoms with E-state index in [4.69, 9.17) is 0 Å². The second kappa shape index (κ2) is 8.96. The minimum absolute atomic E-state index is 0.168. The Hall–Kier alpha value is -3.39. The highest BCUT2D eigenvalue weighted by atomic mass is 32.2. The third-order valence-corrected chi connectivity index (χ3v) is 5.08. The van der Waals surface area contributed by atoms with Crippen molar-refractivity contribution in [2.24, 2.45) is 0 Å². The van der Waals surface area contributed by atoms with Gasteiger partial charge in [-0.25, -0.2) is 8.42 Å².